The molecule has 1 atom stereocenters. The number of hydrogen-bond acceptors (Lipinski definition) is 3. The van der Waals surface area contributed by atoms with Gasteiger partial charge < -0.3 is 10.5 Å². The average molecular weight is 270 g/mol. The minimum Gasteiger partial charge on any atom is -0.466 e. The maximum absolute atomic E-state index is 11.2. The first-order chi connectivity index (χ1) is 8.52. The van der Waals surface area contributed by atoms with Crippen molar-refractivity contribution in [1.29, 1.82) is 0 Å². The van der Waals surface area contributed by atoms with E-state index >= 15 is 0 Å². The molecule has 1 rings (SSSR count). The van der Waals surface area contributed by atoms with E-state index < -0.39 is 0 Å². The second-order valence-electron chi connectivity index (χ2n) is 4.39. The van der Waals surface area contributed by atoms with E-state index in [1.54, 1.807) is 6.92 Å². The number of aryl methyl sites for hydroxylation is 1. The van der Waals surface area contributed by atoms with Gasteiger partial charge in [-0.25, -0.2) is 0 Å². The Labute approximate surface area is 113 Å². The Hall–Kier alpha value is -1.06. The second kappa shape index (κ2) is 7.39. The van der Waals surface area contributed by atoms with Crippen LogP contribution < -0.4 is 5.73 Å². The zero-order chi connectivity index (χ0) is 13.5. The largest absolute Gasteiger partial charge is 0.466 e. The highest BCUT2D eigenvalue weighted by molar-refractivity contribution is 6.31. The number of esters is 1. The third-order valence-corrected chi connectivity index (χ3v) is 3.17. The van der Waals surface area contributed by atoms with Crippen molar-refractivity contribution in [3.05, 3.63) is 34.3 Å². The topological polar surface area (TPSA) is 52.3 Å². The summed E-state index contributed by atoms with van der Waals surface area (Å²) in [6.07, 6.45) is 1.72. The quantitative estimate of drug-likeness (QED) is 0.808. The molecule has 0 bridgehead atoms. The predicted molar refractivity (Wildman–Crippen MR) is 73.7 cm³/mol. The fourth-order valence-corrected chi connectivity index (χ4v) is 1.91. The van der Waals surface area contributed by atoms with E-state index in [2.05, 4.69) is 0 Å². The summed E-state index contributed by atoms with van der Waals surface area (Å²) in [5.74, 6) is -0.185. The standard InChI is InChI=1S/C14H20ClNO2/c1-3-18-14(17)7-6-12(16)8-11-5-4-10(2)13(15)9-11/h4-5,9,12H,3,6-8,16H2,1-2H3. The van der Waals surface area contributed by atoms with Gasteiger partial charge in [-0.2, -0.15) is 0 Å². The van der Waals surface area contributed by atoms with Gasteiger partial charge in [0.2, 0.25) is 0 Å². The van der Waals surface area contributed by atoms with Crippen LogP contribution in [0.2, 0.25) is 5.02 Å². The first-order valence-corrected chi connectivity index (χ1v) is 6.57. The molecule has 2 N–H and O–H groups in total. The molecule has 0 radical (unpaired) electrons. The van der Waals surface area contributed by atoms with E-state index in [1.165, 1.54) is 0 Å². The molecule has 0 saturated heterocycles. The first kappa shape index (κ1) is 15.0. The summed E-state index contributed by atoms with van der Waals surface area (Å²) in [7, 11) is 0. The number of carbonyl (C=O) groups excluding carboxylic acids is 1. The van der Waals surface area contributed by atoms with Crippen molar-refractivity contribution in [2.24, 2.45) is 5.73 Å². The summed E-state index contributed by atoms with van der Waals surface area (Å²) >= 11 is 6.05. The molecule has 1 aromatic carbocycles. The average Bonchev–Trinajstić information content (AvgIpc) is 2.32. The molecule has 0 heterocycles. The summed E-state index contributed by atoms with van der Waals surface area (Å²) in [6.45, 7) is 4.18. The summed E-state index contributed by atoms with van der Waals surface area (Å²) in [5, 5.41) is 0.755. The van der Waals surface area contributed by atoms with Crippen molar-refractivity contribution >= 4 is 17.6 Å². The molecule has 18 heavy (non-hydrogen) atoms. The highest BCUT2D eigenvalue weighted by Gasteiger charge is 2.09. The van der Waals surface area contributed by atoms with Crippen LogP contribution in [0.4, 0.5) is 0 Å². The maximum Gasteiger partial charge on any atom is 0.305 e. The van der Waals surface area contributed by atoms with Gasteiger partial charge in [-0.1, -0.05) is 23.7 Å². The van der Waals surface area contributed by atoms with Crippen molar-refractivity contribution in [1.82, 2.24) is 0 Å². The van der Waals surface area contributed by atoms with Gasteiger partial charge in [-0.15, -0.1) is 0 Å². The van der Waals surface area contributed by atoms with Gasteiger partial charge in [0.05, 0.1) is 6.61 Å². The van der Waals surface area contributed by atoms with Crippen LogP contribution >= 0.6 is 11.6 Å². The van der Waals surface area contributed by atoms with Crippen molar-refractivity contribution in [3.63, 3.8) is 0 Å². The normalized spacial score (nSPS) is 12.2. The van der Waals surface area contributed by atoms with Gasteiger partial charge in [-0.05, 0) is 43.9 Å². The third-order valence-electron chi connectivity index (χ3n) is 2.76. The predicted octanol–water partition coefficient (Wildman–Crippen LogP) is 2.86. The van der Waals surface area contributed by atoms with E-state index in [0.29, 0.717) is 19.4 Å². The Bertz CT molecular complexity index is 407. The summed E-state index contributed by atoms with van der Waals surface area (Å²) in [5.41, 5.74) is 8.14. The number of halogens is 1. The lowest BCUT2D eigenvalue weighted by molar-refractivity contribution is -0.143. The molecule has 1 aromatic rings. The van der Waals surface area contributed by atoms with Crippen LogP contribution in [0, 0.1) is 6.92 Å². The molecule has 3 nitrogen and oxygen atoms in total. The molecule has 0 aliphatic rings. The lowest BCUT2D eigenvalue weighted by Crippen LogP contribution is -2.24. The highest BCUT2D eigenvalue weighted by Crippen LogP contribution is 2.18. The molecule has 100 valence electrons. The molecule has 1 unspecified atom stereocenters. The van der Waals surface area contributed by atoms with Crippen LogP contribution in [0.3, 0.4) is 0 Å². The Morgan fingerprint density at radius 2 is 2.22 bits per heavy atom. The fourth-order valence-electron chi connectivity index (χ4n) is 1.70. The molecule has 0 aliphatic carbocycles. The van der Waals surface area contributed by atoms with Crippen molar-refractivity contribution in [2.45, 2.75) is 39.2 Å². The van der Waals surface area contributed by atoms with E-state index in [1.807, 2.05) is 25.1 Å². The Kier molecular flexibility index (Phi) is 6.16. The van der Waals surface area contributed by atoms with Gasteiger partial charge in [0.15, 0.2) is 0 Å². The van der Waals surface area contributed by atoms with E-state index in [9.17, 15) is 4.79 Å². The third kappa shape index (κ3) is 5.07. The highest BCUT2D eigenvalue weighted by atomic mass is 35.5. The van der Waals surface area contributed by atoms with Crippen LogP contribution in [0.1, 0.15) is 30.9 Å². The molecular weight excluding hydrogens is 250 g/mol. The molecule has 4 heteroatoms. The SMILES string of the molecule is CCOC(=O)CCC(N)Cc1ccc(C)c(Cl)c1. The van der Waals surface area contributed by atoms with E-state index in [0.717, 1.165) is 22.6 Å². The second-order valence-corrected chi connectivity index (χ2v) is 4.80. The first-order valence-electron chi connectivity index (χ1n) is 6.19. The molecule has 0 spiro atoms. The van der Waals surface area contributed by atoms with Crippen molar-refractivity contribution in [2.75, 3.05) is 6.61 Å². The number of benzene rings is 1. The van der Waals surface area contributed by atoms with Gasteiger partial charge >= 0.3 is 5.97 Å². The minimum absolute atomic E-state index is 0.0480. The van der Waals surface area contributed by atoms with Gasteiger partial charge in [0.1, 0.15) is 0 Å². The van der Waals surface area contributed by atoms with Crippen LogP contribution in [0.5, 0.6) is 0 Å². The fraction of sp³-hybridized carbons (Fsp3) is 0.500. The van der Waals surface area contributed by atoms with E-state index in [-0.39, 0.29) is 12.0 Å². The number of nitrogens with two attached hydrogens (primary N) is 1. The summed E-state index contributed by atoms with van der Waals surface area (Å²) < 4.78 is 4.86. The zero-order valence-corrected chi connectivity index (χ0v) is 11.7. The van der Waals surface area contributed by atoms with Crippen molar-refractivity contribution in [3.8, 4) is 0 Å². The molecule has 0 fully saturated rings. The Morgan fingerprint density at radius 1 is 1.50 bits per heavy atom. The number of carbonyl (C=O) groups is 1. The van der Waals surface area contributed by atoms with Crippen LogP contribution in [-0.4, -0.2) is 18.6 Å². The smallest absolute Gasteiger partial charge is 0.305 e. The van der Waals surface area contributed by atoms with Gasteiger partial charge in [-0.3, -0.25) is 4.79 Å². The number of rotatable bonds is 6. The van der Waals surface area contributed by atoms with Crippen LogP contribution in [0.15, 0.2) is 18.2 Å². The van der Waals surface area contributed by atoms with Gasteiger partial charge in [0, 0.05) is 17.5 Å². The minimum atomic E-state index is -0.185. The molecule has 0 aromatic heterocycles. The Morgan fingerprint density at radius 3 is 2.83 bits per heavy atom. The van der Waals surface area contributed by atoms with Crippen LogP contribution in [-0.2, 0) is 16.0 Å². The molecular formula is C14H20ClNO2. The lowest BCUT2D eigenvalue weighted by atomic mass is 10.0. The van der Waals surface area contributed by atoms with E-state index in [4.69, 9.17) is 22.1 Å². The zero-order valence-electron chi connectivity index (χ0n) is 10.9. The summed E-state index contributed by atoms with van der Waals surface area (Å²) in [6, 6.07) is 5.88. The molecule has 0 saturated carbocycles. The maximum atomic E-state index is 11.2. The molecule has 0 amide bonds. The van der Waals surface area contributed by atoms with Crippen LogP contribution in [0.25, 0.3) is 0 Å². The lowest BCUT2D eigenvalue weighted by Gasteiger charge is -2.12. The van der Waals surface area contributed by atoms with Crippen molar-refractivity contribution < 1.29 is 9.53 Å². The number of ether oxygens (including phenoxy) is 1. The monoisotopic (exact) mass is 269 g/mol. The summed E-state index contributed by atoms with van der Waals surface area (Å²) in [4.78, 5) is 11.2. The number of hydrogen-bond donors (Lipinski definition) is 1. The van der Waals surface area contributed by atoms with Gasteiger partial charge in [0.25, 0.3) is 0 Å². The molecule has 0 aliphatic heterocycles. The Balaban J connectivity index is 2.42.